The summed E-state index contributed by atoms with van der Waals surface area (Å²) in [7, 11) is -9.13. The normalized spacial score (nSPS) is 12.0. The molecule has 0 saturated carbocycles. The third kappa shape index (κ3) is 7.84. The Morgan fingerprint density at radius 2 is 1.10 bits per heavy atom. The van der Waals surface area contributed by atoms with Crippen molar-refractivity contribution in [3.8, 4) is 16.9 Å². The molecule has 0 heterocycles. The standard InChI is InChI=1S/C32H23N5O7S2.2Na/c33-31-25-6-2-1-5-24(25)29(46(42,43)44)18-26(31)36-34-22-13-8-19(9-14-22)20-10-15-23(16-11-20)35-37-32-27(38)17-12-21-4-3-7-28(30(21)32)45(39,40)41;;/h1-18,38H,33H2,(H,39,40,41)(H,42,43,44);;/q;2*+1. The number of nitrogen functional groups attached to an aromatic ring is 1. The second-order valence-electron chi connectivity index (χ2n) is 10.1. The SMILES string of the molecule is Nc1c(N=Nc2ccc(-c3ccc(N=Nc4c(O)ccc5cccc(S(=O)(=O)O)c45)cc3)cc2)cc(S(=O)(=O)O)c2ccccc12.[Na+].[Na+]. The summed E-state index contributed by atoms with van der Waals surface area (Å²) in [5, 5.41) is 28.2. The molecular weight excluding hydrogens is 676 g/mol. The van der Waals surface area contributed by atoms with Gasteiger partial charge < -0.3 is 10.8 Å². The van der Waals surface area contributed by atoms with Crippen LogP contribution in [0, 0.1) is 0 Å². The molecule has 6 aromatic carbocycles. The number of benzene rings is 6. The third-order valence-corrected chi connectivity index (χ3v) is 8.94. The molecule has 6 aromatic rings. The van der Waals surface area contributed by atoms with Crippen LogP contribution in [-0.4, -0.2) is 31.0 Å². The van der Waals surface area contributed by atoms with Gasteiger partial charge in [0.2, 0.25) is 0 Å². The van der Waals surface area contributed by atoms with Gasteiger partial charge in [-0.05, 0) is 59.0 Å². The van der Waals surface area contributed by atoms with Crippen LogP contribution in [0.15, 0.2) is 139 Å². The third-order valence-electron chi connectivity index (χ3n) is 7.15. The number of azo groups is 2. The first-order valence-corrected chi connectivity index (χ1v) is 16.3. The zero-order valence-electron chi connectivity index (χ0n) is 25.5. The molecule has 0 aliphatic heterocycles. The molecule has 0 aliphatic rings. The van der Waals surface area contributed by atoms with E-state index in [0.29, 0.717) is 22.1 Å². The molecule has 12 nitrogen and oxygen atoms in total. The van der Waals surface area contributed by atoms with E-state index in [1.165, 1.54) is 30.3 Å². The van der Waals surface area contributed by atoms with Gasteiger partial charge in [0.05, 0.1) is 17.1 Å². The maximum atomic E-state index is 12.0. The number of phenols is 1. The van der Waals surface area contributed by atoms with Crippen molar-refractivity contribution in [2.45, 2.75) is 9.79 Å². The summed E-state index contributed by atoms with van der Waals surface area (Å²) in [6.45, 7) is 0. The van der Waals surface area contributed by atoms with E-state index in [0.717, 1.165) is 11.1 Å². The van der Waals surface area contributed by atoms with Crippen molar-refractivity contribution in [1.82, 2.24) is 0 Å². The molecule has 0 unspecified atom stereocenters. The van der Waals surface area contributed by atoms with E-state index in [2.05, 4.69) is 20.5 Å². The van der Waals surface area contributed by atoms with Gasteiger partial charge in [-0.3, -0.25) is 9.11 Å². The van der Waals surface area contributed by atoms with Crippen LogP contribution in [0.3, 0.4) is 0 Å². The Labute approximate surface area is 319 Å². The largest absolute Gasteiger partial charge is 1.00 e. The maximum absolute atomic E-state index is 12.0. The van der Waals surface area contributed by atoms with Crippen LogP contribution < -0.4 is 64.8 Å². The molecule has 0 fully saturated rings. The van der Waals surface area contributed by atoms with Gasteiger partial charge in [-0.2, -0.15) is 27.1 Å². The molecule has 0 amide bonds. The van der Waals surface area contributed by atoms with Crippen LogP contribution in [0.5, 0.6) is 5.75 Å². The number of hydrogen-bond donors (Lipinski definition) is 4. The number of hydrogen-bond acceptors (Lipinski definition) is 10. The minimum Gasteiger partial charge on any atom is -0.506 e. The van der Waals surface area contributed by atoms with Crippen LogP contribution in [-0.2, 0) is 20.2 Å². The molecule has 48 heavy (non-hydrogen) atoms. The number of rotatable bonds is 7. The van der Waals surface area contributed by atoms with E-state index < -0.39 is 25.1 Å². The van der Waals surface area contributed by atoms with Crippen LogP contribution in [0.25, 0.3) is 32.7 Å². The van der Waals surface area contributed by atoms with Crippen LogP contribution in [0.2, 0.25) is 0 Å². The smallest absolute Gasteiger partial charge is 0.506 e. The van der Waals surface area contributed by atoms with Crippen LogP contribution in [0.4, 0.5) is 28.4 Å². The van der Waals surface area contributed by atoms with Gasteiger partial charge in [-0.1, -0.05) is 66.7 Å². The summed E-state index contributed by atoms with van der Waals surface area (Å²) in [6.07, 6.45) is 0. The van der Waals surface area contributed by atoms with E-state index >= 15 is 0 Å². The first kappa shape index (κ1) is 37.3. The fourth-order valence-corrected chi connectivity index (χ4v) is 6.38. The monoisotopic (exact) mass is 699 g/mol. The van der Waals surface area contributed by atoms with Gasteiger partial charge in [-0.25, -0.2) is 0 Å². The Bertz CT molecular complexity index is 2440. The Balaban J connectivity index is 0.00000260. The summed E-state index contributed by atoms with van der Waals surface area (Å²) in [5.41, 5.74) is 9.00. The second kappa shape index (κ2) is 14.9. The molecule has 0 aromatic heterocycles. The zero-order chi connectivity index (χ0) is 32.6. The second-order valence-corrected chi connectivity index (χ2v) is 12.9. The van der Waals surface area contributed by atoms with Crippen LogP contribution in [0.1, 0.15) is 0 Å². The first-order chi connectivity index (χ1) is 21.9. The molecule has 0 aliphatic carbocycles. The summed E-state index contributed by atoms with van der Waals surface area (Å²) in [4.78, 5) is -0.710. The van der Waals surface area contributed by atoms with Crippen molar-refractivity contribution in [3.63, 3.8) is 0 Å². The molecule has 0 saturated heterocycles. The summed E-state index contributed by atoms with van der Waals surface area (Å²) in [5.74, 6) is -0.302. The zero-order valence-corrected chi connectivity index (χ0v) is 31.2. The Hall–Kier alpha value is -3.54. The van der Waals surface area contributed by atoms with Gasteiger partial charge in [0.25, 0.3) is 20.2 Å². The van der Waals surface area contributed by atoms with Gasteiger partial charge >= 0.3 is 59.1 Å². The van der Waals surface area contributed by atoms with Gasteiger partial charge in [0.1, 0.15) is 26.9 Å². The average molecular weight is 700 g/mol. The van der Waals surface area contributed by atoms with Gasteiger partial charge in [0.15, 0.2) is 0 Å². The average Bonchev–Trinajstić information content (AvgIpc) is 3.03. The summed E-state index contributed by atoms with van der Waals surface area (Å²) >= 11 is 0. The fourth-order valence-electron chi connectivity index (χ4n) is 4.94. The van der Waals surface area contributed by atoms with Crippen molar-refractivity contribution in [1.29, 1.82) is 0 Å². The topological polar surface area (TPSA) is 204 Å². The Morgan fingerprint density at radius 3 is 1.67 bits per heavy atom. The number of phenolic OH excluding ortho intramolecular Hbond substituents is 1. The first-order valence-electron chi connectivity index (χ1n) is 13.4. The van der Waals surface area contributed by atoms with E-state index in [1.54, 1.807) is 66.7 Å². The maximum Gasteiger partial charge on any atom is 1.00 e. The van der Waals surface area contributed by atoms with Crippen molar-refractivity contribution in [2.75, 3.05) is 5.73 Å². The molecule has 0 bridgehead atoms. The molecule has 0 spiro atoms. The molecule has 0 radical (unpaired) electrons. The Morgan fingerprint density at radius 1 is 0.562 bits per heavy atom. The number of nitrogens with zero attached hydrogens (tertiary/aromatic N) is 4. The predicted octanol–water partition coefficient (Wildman–Crippen LogP) is 2.28. The van der Waals surface area contributed by atoms with Crippen molar-refractivity contribution >= 4 is 70.2 Å². The molecule has 16 heteroatoms. The van der Waals surface area contributed by atoms with E-state index in [9.17, 15) is 31.0 Å². The van der Waals surface area contributed by atoms with E-state index in [-0.39, 0.29) is 97.6 Å². The molecule has 0 atom stereocenters. The minimum absolute atomic E-state index is 0. The minimum atomic E-state index is -4.59. The predicted molar refractivity (Wildman–Crippen MR) is 174 cm³/mol. The van der Waals surface area contributed by atoms with E-state index in [4.69, 9.17) is 5.73 Å². The number of fused-ring (bicyclic) bond motifs is 2. The number of nitrogens with two attached hydrogens (primary N) is 1. The molecule has 230 valence electrons. The summed E-state index contributed by atoms with van der Waals surface area (Å²) < 4.78 is 67.2. The number of anilines is 1. The number of aromatic hydroxyl groups is 1. The quantitative estimate of drug-likeness (QED) is 0.0840. The van der Waals surface area contributed by atoms with Gasteiger partial charge in [-0.15, -0.1) is 10.2 Å². The van der Waals surface area contributed by atoms with Crippen molar-refractivity contribution in [3.05, 3.63) is 109 Å². The fraction of sp³-hybridized carbons (Fsp3) is 0. The van der Waals surface area contributed by atoms with Gasteiger partial charge in [0, 0.05) is 16.2 Å². The molecule has 6 rings (SSSR count). The molecule has 5 N–H and O–H groups in total. The Kier molecular flexibility index (Phi) is 11.6. The van der Waals surface area contributed by atoms with Crippen molar-refractivity contribution in [2.24, 2.45) is 20.5 Å². The van der Waals surface area contributed by atoms with E-state index in [1.807, 2.05) is 12.1 Å². The van der Waals surface area contributed by atoms with Crippen molar-refractivity contribution < 1.29 is 90.2 Å². The van der Waals surface area contributed by atoms with Crippen LogP contribution >= 0.6 is 0 Å². The summed E-state index contributed by atoms with van der Waals surface area (Å²) in [6, 6.07) is 28.9. The molecular formula is C32H23N5Na2O7S2+2.